The third-order valence-corrected chi connectivity index (χ3v) is 5.18. The molecule has 104 valence electrons. The Morgan fingerprint density at radius 1 is 1.42 bits per heavy atom. The van der Waals surface area contributed by atoms with Crippen molar-refractivity contribution in [3.8, 4) is 0 Å². The predicted molar refractivity (Wildman–Crippen MR) is 75.2 cm³/mol. The van der Waals surface area contributed by atoms with Gasteiger partial charge in [-0.3, -0.25) is 4.79 Å². The number of piperidine rings is 1. The predicted octanol–water partition coefficient (Wildman–Crippen LogP) is 1.31. The molecule has 0 radical (unpaired) electrons. The van der Waals surface area contributed by atoms with Gasteiger partial charge in [-0.05, 0) is 31.0 Å². The highest BCUT2D eigenvalue weighted by Crippen LogP contribution is 2.21. The lowest BCUT2D eigenvalue weighted by Crippen LogP contribution is -2.47. The van der Waals surface area contributed by atoms with E-state index in [4.69, 9.17) is 0 Å². The van der Waals surface area contributed by atoms with Gasteiger partial charge in [0.05, 0.1) is 4.90 Å². The van der Waals surface area contributed by atoms with Crippen molar-refractivity contribution in [2.45, 2.75) is 30.7 Å². The number of hydrogen-bond acceptors (Lipinski definition) is 3. The molecule has 0 aliphatic carbocycles. The number of benzene rings is 1. The maximum atomic E-state index is 12.3. The summed E-state index contributed by atoms with van der Waals surface area (Å²) in [7, 11) is -3.56. The highest BCUT2D eigenvalue weighted by Gasteiger charge is 2.25. The van der Waals surface area contributed by atoms with Gasteiger partial charge in [-0.25, -0.2) is 13.1 Å². The number of aryl methyl sites for hydroxylation is 1. The Morgan fingerprint density at radius 3 is 2.79 bits per heavy atom. The molecule has 0 spiro atoms. The number of halogens is 1. The number of nitrogens with one attached hydrogen (secondary N) is 2. The van der Waals surface area contributed by atoms with Gasteiger partial charge < -0.3 is 5.32 Å². The molecule has 0 bridgehead atoms. The molecule has 0 aromatic heterocycles. The number of sulfonamides is 1. The van der Waals surface area contributed by atoms with E-state index in [1.807, 2.05) is 0 Å². The number of hydrogen-bond donors (Lipinski definition) is 2. The van der Waals surface area contributed by atoms with E-state index in [0.717, 1.165) is 4.47 Å². The Morgan fingerprint density at radius 2 is 2.16 bits per heavy atom. The summed E-state index contributed by atoms with van der Waals surface area (Å²) in [6.45, 7) is 2.09. The highest BCUT2D eigenvalue weighted by atomic mass is 79.9. The van der Waals surface area contributed by atoms with Gasteiger partial charge in [0.2, 0.25) is 15.9 Å². The largest absolute Gasteiger partial charge is 0.355 e. The molecule has 5 nitrogen and oxygen atoms in total. The van der Waals surface area contributed by atoms with Crippen molar-refractivity contribution in [1.29, 1.82) is 0 Å². The number of amides is 1. The van der Waals surface area contributed by atoms with E-state index in [1.165, 1.54) is 0 Å². The molecule has 1 heterocycles. The first kappa shape index (κ1) is 14.5. The molecule has 7 heteroatoms. The summed E-state index contributed by atoms with van der Waals surface area (Å²) in [6.07, 6.45) is 0.878. The average Bonchev–Trinajstić information content (AvgIpc) is 2.35. The first-order valence-electron chi connectivity index (χ1n) is 5.94. The maximum Gasteiger partial charge on any atom is 0.241 e. The number of carbonyl (C=O) groups is 1. The Hall–Kier alpha value is -0.920. The Balaban J connectivity index is 2.18. The van der Waals surface area contributed by atoms with Gasteiger partial charge in [-0.15, -0.1) is 0 Å². The first-order chi connectivity index (χ1) is 8.88. The van der Waals surface area contributed by atoms with Crippen molar-refractivity contribution in [3.05, 3.63) is 28.2 Å². The molecule has 1 aromatic rings. The maximum absolute atomic E-state index is 12.3. The van der Waals surface area contributed by atoms with Crippen LogP contribution in [-0.2, 0) is 14.8 Å². The molecule has 1 fully saturated rings. The fourth-order valence-electron chi connectivity index (χ4n) is 1.98. The normalized spacial score (nSPS) is 20.1. The SMILES string of the molecule is Cc1ccc(Br)cc1S(=O)(=O)NC1CCC(=O)NC1. The lowest BCUT2D eigenvalue weighted by atomic mass is 10.1. The fraction of sp³-hybridized carbons (Fsp3) is 0.417. The second-order valence-electron chi connectivity index (χ2n) is 4.57. The third kappa shape index (κ3) is 3.55. The van der Waals surface area contributed by atoms with E-state index in [9.17, 15) is 13.2 Å². The van der Waals surface area contributed by atoms with Gasteiger partial charge in [0.1, 0.15) is 0 Å². The van der Waals surface area contributed by atoms with Gasteiger partial charge >= 0.3 is 0 Å². The summed E-state index contributed by atoms with van der Waals surface area (Å²) in [4.78, 5) is 11.3. The van der Waals surface area contributed by atoms with Crippen molar-refractivity contribution >= 4 is 31.9 Å². The summed E-state index contributed by atoms with van der Waals surface area (Å²) in [5.74, 6) is -0.0333. The topological polar surface area (TPSA) is 75.3 Å². The van der Waals surface area contributed by atoms with Crippen LogP contribution in [0.4, 0.5) is 0 Å². The second kappa shape index (κ2) is 5.60. The molecule has 2 rings (SSSR count). The Bertz CT molecular complexity index is 591. The summed E-state index contributed by atoms with van der Waals surface area (Å²) < 4.78 is 28.0. The molecular formula is C12H15BrN2O3S. The van der Waals surface area contributed by atoms with E-state index >= 15 is 0 Å². The van der Waals surface area contributed by atoms with Gasteiger partial charge in [-0.1, -0.05) is 22.0 Å². The summed E-state index contributed by atoms with van der Waals surface area (Å²) in [6, 6.07) is 4.89. The quantitative estimate of drug-likeness (QED) is 0.866. The van der Waals surface area contributed by atoms with Crippen molar-refractivity contribution in [1.82, 2.24) is 10.0 Å². The van der Waals surface area contributed by atoms with Crippen LogP contribution in [0.3, 0.4) is 0 Å². The highest BCUT2D eigenvalue weighted by molar-refractivity contribution is 9.10. The monoisotopic (exact) mass is 346 g/mol. The third-order valence-electron chi connectivity index (χ3n) is 3.03. The molecule has 1 unspecified atom stereocenters. The van der Waals surface area contributed by atoms with E-state index in [1.54, 1.807) is 25.1 Å². The molecule has 2 N–H and O–H groups in total. The van der Waals surface area contributed by atoms with Crippen LogP contribution in [0.1, 0.15) is 18.4 Å². The molecule has 1 atom stereocenters. The van der Waals surface area contributed by atoms with Crippen LogP contribution in [-0.4, -0.2) is 26.9 Å². The van der Waals surface area contributed by atoms with E-state index in [-0.39, 0.29) is 16.8 Å². The molecule has 1 saturated heterocycles. The average molecular weight is 347 g/mol. The molecular weight excluding hydrogens is 332 g/mol. The zero-order valence-corrected chi connectivity index (χ0v) is 12.8. The molecule has 19 heavy (non-hydrogen) atoms. The molecule has 0 saturated carbocycles. The van der Waals surface area contributed by atoms with Gasteiger partial charge in [-0.2, -0.15) is 0 Å². The van der Waals surface area contributed by atoms with Crippen LogP contribution in [0.2, 0.25) is 0 Å². The van der Waals surface area contributed by atoms with Crippen LogP contribution in [0.15, 0.2) is 27.6 Å². The second-order valence-corrected chi connectivity index (χ2v) is 7.17. The fourth-order valence-corrected chi connectivity index (χ4v) is 4.03. The van der Waals surface area contributed by atoms with Gasteiger partial charge in [0, 0.05) is 23.5 Å². The van der Waals surface area contributed by atoms with Crippen molar-refractivity contribution in [3.63, 3.8) is 0 Å². The summed E-state index contributed by atoms with van der Waals surface area (Å²) in [5.41, 5.74) is 0.690. The van der Waals surface area contributed by atoms with Crippen LogP contribution >= 0.6 is 15.9 Å². The minimum absolute atomic E-state index is 0.0333. The zero-order valence-electron chi connectivity index (χ0n) is 10.4. The molecule has 1 aliphatic rings. The summed E-state index contributed by atoms with van der Waals surface area (Å²) >= 11 is 3.27. The molecule has 1 aliphatic heterocycles. The molecule has 1 amide bonds. The van der Waals surface area contributed by atoms with E-state index < -0.39 is 10.0 Å². The van der Waals surface area contributed by atoms with Crippen molar-refractivity contribution < 1.29 is 13.2 Å². The van der Waals surface area contributed by atoms with Crippen LogP contribution in [0.25, 0.3) is 0 Å². The zero-order chi connectivity index (χ0) is 14.0. The number of carbonyl (C=O) groups excluding carboxylic acids is 1. The minimum Gasteiger partial charge on any atom is -0.355 e. The van der Waals surface area contributed by atoms with Gasteiger partial charge in [0.15, 0.2) is 0 Å². The van der Waals surface area contributed by atoms with Crippen LogP contribution in [0, 0.1) is 6.92 Å². The van der Waals surface area contributed by atoms with E-state index in [0.29, 0.717) is 24.9 Å². The van der Waals surface area contributed by atoms with Crippen molar-refractivity contribution in [2.24, 2.45) is 0 Å². The van der Waals surface area contributed by atoms with Gasteiger partial charge in [0.25, 0.3) is 0 Å². The lowest BCUT2D eigenvalue weighted by molar-refractivity contribution is -0.122. The Kier molecular flexibility index (Phi) is 4.27. The Labute approximate surface area is 121 Å². The minimum atomic E-state index is -3.56. The first-order valence-corrected chi connectivity index (χ1v) is 8.21. The number of rotatable bonds is 3. The van der Waals surface area contributed by atoms with Crippen LogP contribution < -0.4 is 10.0 Å². The smallest absolute Gasteiger partial charge is 0.241 e. The summed E-state index contributed by atoms with van der Waals surface area (Å²) in [5, 5.41) is 2.66. The van der Waals surface area contributed by atoms with Crippen LogP contribution in [0.5, 0.6) is 0 Å². The molecule has 1 aromatic carbocycles. The lowest BCUT2D eigenvalue weighted by Gasteiger charge is -2.23. The standard InChI is InChI=1S/C12H15BrN2O3S/c1-8-2-3-9(13)6-11(8)19(17,18)15-10-4-5-12(16)14-7-10/h2-3,6,10,15H,4-5,7H2,1H3,(H,14,16). The van der Waals surface area contributed by atoms with Crippen molar-refractivity contribution in [2.75, 3.05) is 6.54 Å². The van der Waals surface area contributed by atoms with E-state index in [2.05, 4.69) is 26.0 Å².